The van der Waals surface area contributed by atoms with Crippen LogP contribution in [-0.4, -0.2) is 13.7 Å². The summed E-state index contributed by atoms with van der Waals surface area (Å²) in [6.45, 7) is 4.52. The summed E-state index contributed by atoms with van der Waals surface area (Å²) in [5.41, 5.74) is 6.81. The first-order chi connectivity index (χ1) is 6.69. The molecular weight excluding hydrogens is 214 g/mol. The van der Waals surface area contributed by atoms with E-state index in [1.807, 2.05) is 32.0 Å². The van der Waals surface area contributed by atoms with Gasteiger partial charge in [-0.05, 0) is 31.5 Å². The zero-order valence-electron chi connectivity index (χ0n) is 9.32. The van der Waals surface area contributed by atoms with E-state index in [0.717, 1.165) is 17.1 Å². The van der Waals surface area contributed by atoms with E-state index in [0.29, 0.717) is 6.61 Å². The van der Waals surface area contributed by atoms with Gasteiger partial charge in [-0.1, -0.05) is 6.07 Å². The maximum atomic E-state index is 5.76. The van der Waals surface area contributed by atoms with Crippen LogP contribution >= 0.6 is 12.4 Å². The SMILES string of the molecule is CCOc1ccc([C@H](C)N)cc1OC.Cl. The van der Waals surface area contributed by atoms with E-state index in [2.05, 4.69) is 0 Å². The van der Waals surface area contributed by atoms with Crippen LogP contribution in [0.3, 0.4) is 0 Å². The van der Waals surface area contributed by atoms with Crippen LogP contribution in [0.4, 0.5) is 0 Å². The van der Waals surface area contributed by atoms with Crippen LogP contribution < -0.4 is 15.2 Å². The molecule has 3 nitrogen and oxygen atoms in total. The van der Waals surface area contributed by atoms with E-state index in [1.54, 1.807) is 7.11 Å². The number of halogens is 1. The molecular formula is C11H18ClNO2. The molecule has 1 rings (SSSR count). The van der Waals surface area contributed by atoms with E-state index in [-0.39, 0.29) is 18.4 Å². The average Bonchev–Trinajstić information content (AvgIpc) is 2.18. The Balaban J connectivity index is 0.00000196. The Morgan fingerprint density at radius 1 is 1.33 bits per heavy atom. The van der Waals surface area contributed by atoms with Gasteiger partial charge in [0.25, 0.3) is 0 Å². The molecule has 0 aliphatic carbocycles. The van der Waals surface area contributed by atoms with Crippen LogP contribution in [0, 0.1) is 0 Å². The number of rotatable bonds is 4. The zero-order chi connectivity index (χ0) is 10.6. The zero-order valence-corrected chi connectivity index (χ0v) is 10.1. The molecule has 4 heteroatoms. The van der Waals surface area contributed by atoms with Crippen molar-refractivity contribution in [2.24, 2.45) is 5.73 Å². The Hall–Kier alpha value is -0.930. The van der Waals surface area contributed by atoms with Crippen molar-refractivity contribution in [2.45, 2.75) is 19.9 Å². The second-order valence-electron chi connectivity index (χ2n) is 3.13. The topological polar surface area (TPSA) is 44.5 Å². The lowest BCUT2D eigenvalue weighted by molar-refractivity contribution is 0.310. The van der Waals surface area contributed by atoms with E-state index in [9.17, 15) is 0 Å². The van der Waals surface area contributed by atoms with Gasteiger partial charge in [-0.3, -0.25) is 0 Å². The largest absolute Gasteiger partial charge is 0.493 e. The van der Waals surface area contributed by atoms with Gasteiger partial charge in [-0.2, -0.15) is 0 Å². The quantitative estimate of drug-likeness (QED) is 0.866. The number of ether oxygens (including phenoxy) is 2. The first-order valence-corrected chi connectivity index (χ1v) is 4.75. The van der Waals surface area contributed by atoms with Gasteiger partial charge in [0.2, 0.25) is 0 Å². The van der Waals surface area contributed by atoms with Crippen molar-refractivity contribution < 1.29 is 9.47 Å². The molecule has 0 fully saturated rings. The van der Waals surface area contributed by atoms with E-state index < -0.39 is 0 Å². The van der Waals surface area contributed by atoms with E-state index >= 15 is 0 Å². The van der Waals surface area contributed by atoms with Crippen LogP contribution in [0.2, 0.25) is 0 Å². The molecule has 0 spiro atoms. The molecule has 0 saturated heterocycles. The molecule has 1 aromatic rings. The molecule has 2 N–H and O–H groups in total. The lowest BCUT2D eigenvalue weighted by Crippen LogP contribution is -2.05. The summed E-state index contributed by atoms with van der Waals surface area (Å²) in [5, 5.41) is 0. The predicted molar refractivity (Wildman–Crippen MR) is 64.0 cm³/mol. The van der Waals surface area contributed by atoms with Crippen molar-refractivity contribution in [3.63, 3.8) is 0 Å². The third-order valence-electron chi connectivity index (χ3n) is 2.01. The fraction of sp³-hybridized carbons (Fsp3) is 0.455. The summed E-state index contributed by atoms with van der Waals surface area (Å²) < 4.78 is 10.6. The minimum Gasteiger partial charge on any atom is -0.493 e. The summed E-state index contributed by atoms with van der Waals surface area (Å²) in [6, 6.07) is 5.77. The summed E-state index contributed by atoms with van der Waals surface area (Å²) >= 11 is 0. The normalized spacial score (nSPS) is 11.5. The second-order valence-corrected chi connectivity index (χ2v) is 3.13. The molecule has 0 saturated carbocycles. The van der Waals surface area contributed by atoms with Crippen molar-refractivity contribution in [1.29, 1.82) is 0 Å². The van der Waals surface area contributed by atoms with E-state index in [1.165, 1.54) is 0 Å². The molecule has 0 heterocycles. The number of nitrogens with two attached hydrogens (primary N) is 1. The number of benzene rings is 1. The van der Waals surface area contributed by atoms with Gasteiger partial charge in [-0.15, -0.1) is 12.4 Å². The fourth-order valence-electron chi connectivity index (χ4n) is 1.24. The van der Waals surface area contributed by atoms with Gasteiger partial charge in [0, 0.05) is 6.04 Å². The maximum absolute atomic E-state index is 5.76. The van der Waals surface area contributed by atoms with Crippen LogP contribution in [0.25, 0.3) is 0 Å². The summed E-state index contributed by atoms with van der Waals surface area (Å²) in [4.78, 5) is 0. The van der Waals surface area contributed by atoms with Gasteiger partial charge in [0.1, 0.15) is 0 Å². The van der Waals surface area contributed by atoms with Crippen LogP contribution in [0.1, 0.15) is 25.5 Å². The number of hydrogen-bond acceptors (Lipinski definition) is 3. The highest BCUT2D eigenvalue weighted by Gasteiger charge is 2.06. The molecule has 15 heavy (non-hydrogen) atoms. The molecule has 1 atom stereocenters. The summed E-state index contributed by atoms with van der Waals surface area (Å²) in [5.74, 6) is 1.50. The lowest BCUT2D eigenvalue weighted by atomic mass is 10.1. The third-order valence-corrected chi connectivity index (χ3v) is 2.01. The van der Waals surface area contributed by atoms with Gasteiger partial charge in [-0.25, -0.2) is 0 Å². The minimum absolute atomic E-state index is 0. The second kappa shape index (κ2) is 6.53. The van der Waals surface area contributed by atoms with Crippen molar-refractivity contribution in [1.82, 2.24) is 0 Å². The van der Waals surface area contributed by atoms with Crippen molar-refractivity contribution in [2.75, 3.05) is 13.7 Å². The molecule has 0 aromatic heterocycles. The van der Waals surface area contributed by atoms with Crippen molar-refractivity contribution in [3.05, 3.63) is 23.8 Å². The van der Waals surface area contributed by atoms with Crippen molar-refractivity contribution in [3.8, 4) is 11.5 Å². The van der Waals surface area contributed by atoms with Crippen LogP contribution in [0.5, 0.6) is 11.5 Å². The maximum Gasteiger partial charge on any atom is 0.161 e. The lowest BCUT2D eigenvalue weighted by Gasteiger charge is -2.12. The van der Waals surface area contributed by atoms with E-state index in [4.69, 9.17) is 15.2 Å². The fourth-order valence-corrected chi connectivity index (χ4v) is 1.24. The highest BCUT2D eigenvalue weighted by molar-refractivity contribution is 5.85. The average molecular weight is 232 g/mol. The molecule has 0 bridgehead atoms. The highest BCUT2D eigenvalue weighted by atomic mass is 35.5. The predicted octanol–water partition coefficient (Wildman–Crippen LogP) is 2.54. The van der Waals surface area contributed by atoms with Gasteiger partial charge in [0.15, 0.2) is 11.5 Å². The van der Waals surface area contributed by atoms with Crippen molar-refractivity contribution >= 4 is 12.4 Å². The number of methoxy groups -OCH3 is 1. The highest BCUT2D eigenvalue weighted by Crippen LogP contribution is 2.29. The number of hydrogen-bond donors (Lipinski definition) is 1. The Bertz CT molecular complexity index is 303. The van der Waals surface area contributed by atoms with Gasteiger partial charge >= 0.3 is 0 Å². The summed E-state index contributed by atoms with van der Waals surface area (Å²) in [6.07, 6.45) is 0. The Labute approximate surface area is 97.0 Å². The standard InChI is InChI=1S/C11H17NO2.ClH/c1-4-14-10-6-5-9(8(2)12)7-11(10)13-3;/h5-8H,4,12H2,1-3H3;1H/t8-;/m0./s1. The first kappa shape index (κ1) is 14.1. The molecule has 0 amide bonds. The van der Waals surface area contributed by atoms with Gasteiger partial charge < -0.3 is 15.2 Å². The molecule has 0 unspecified atom stereocenters. The van der Waals surface area contributed by atoms with Crippen LogP contribution in [0.15, 0.2) is 18.2 Å². The van der Waals surface area contributed by atoms with Gasteiger partial charge in [0.05, 0.1) is 13.7 Å². The minimum atomic E-state index is 0. The first-order valence-electron chi connectivity index (χ1n) is 4.75. The summed E-state index contributed by atoms with van der Waals surface area (Å²) in [7, 11) is 1.63. The molecule has 1 aromatic carbocycles. The van der Waals surface area contributed by atoms with Crippen LogP contribution in [-0.2, 0) is 0 Å². The molecule has 0 aliphatic rings. The Morgan fingerprint density at radius 3 is 2.47 bits per heavy atom. The molecule has 86 valence electrons. The monoisotopic (exact) mass is 231 g/mol. The molecule has 0 radical (unpaired) electrons. The molecule has 0 aliphatic heterocycles. The Morgan fingerprint density at radius 2 is 2.00 bits per heavy atom. The smallest absolute Gasteiger partial charge is 0.161 e. The third kappa shape index (κ3) is 3.61. The Kier molecular flexibility index (Phi) is 6.13.